The second kappa shape index (κ2) is 7.32. The Morgan fingerprint density at radius 1 is 1.09 bits per heavy atom. The second-order valence-electron chi connectivity index (χ2n) is 4.18. The average molecular weight is 415 g/mol. The smallest absolute Gasteiger partial charge is 0.343 e. The highest BCUT2D eigenvalue weighted by Crippen LogP contribution is 2.48. The fourth-order valence-electron chi connectivity index (χ4n) is 1.64. The molecule has 0 radical (unpaired) electrons. The highest BCUT2D eigenvalue weighted by molar-refractivity contribution is 6.67. The van der Waals surface area contributed by atoms with E-state index < -0.39 is 9.76 Å². The number of halogens is 5. The van der Waals surface area contributed by atoms with Crippen molar-refractivity contribution in [3.8, 4) is 11.6 Å². The molecular formula is C14H8Cl5NO3. The van der Waals surface area contributed by atoms with Crippen LogP contribution in [0.3, 0.4) is 0 Å². The van der Waals surface area contributed by atoms with E-state index in [0.29, 0.717) is 5.56 Å². The Labute approximate surface area is 157 Å². The van der Waals surface area contributed by atoms with E-state index in [-0.39, 0.29) is 27.4 Å². The number of methoxy groups -OCH3 is 1. The van der Waals surface area contributed by atoms with E-state index in [2.05, 4.69) is 4.98 Å². The normalized spacial score (nSPS) is 11.2. The van der Waals surface area contributed by atoms with Crippen LogP contribution in [0, 0.1) is 0 Å². The predicted octanol–water partition coefficient (Wildman–Crippen LogP) is 5.44. The Morgan fingerprint density at radius 2 is 1.70 bits per heavy atom. The Hall–Kier alpha value is -0.910. The molecule has 0 fully saturated rings. The summed E-state index contributed by atoms with van der Waals surface area (Å²) in [5.41, 5.74) is 0.132. The van der Waals surface area contributed by atoms with Crippen LogP contribution in [0.25, 0.3) is 0 Å². The van der Waals surface area contributed by atoms with E-state index in [1.807, 2.05) is 0 Å². The van der Waals surface area contributed by atoms with Crippen LogP contribution in [0.5, 0.6) is 11.6 Å². The molecule has 0 N–H and O–H groups in total. The van der Waals surface area contributed by atoms with Gasteiger partial charge in [0.05, 0.1) is 12.7 Å². The standard InChI is InChI=1S/C14H8Cl5NO3/c1-22-12-9(16)10(8(15)11(20-12)14(17,18)19)23-13(21)7-5-3-2-4-6-7/h2-6H,1H3. The molecular weight excluding hydrogens is 407 g/mol. The third-order valence-corrected chi connectivity index (χ3v) is 3.89. The maximum Gasteiger partial charge on any atom is 0.343 e. The maximum atomic E-state index is 12.2. The molecule has 0 saturated carbocycles. The largest absolute Gasteiger partial charge is 0.480 e. The molecule has 1 aromatic heterocycles. The molecule has 0 spiro atoms. The molecule has 0 aliphatic heterocycles. The third kappa shape index (κ3) is 4.14. The Morgan fingerprint density at radius 3 is 2.22 bits per heavy atom. The molecule has 0 atom stereocenters. The summed E-state index contributed by atoms with van der Waals surface area (Å²) in [7, 11) is 1.31. The fraction of sp³-hybridized carbons (Fsp3) is 0.143. The molecule has 0 saturated heterocycles. The Kier molecular flexibility index (Phi) is 5.87. The minimum atomic E-state index is -1.96. The van der Waals surface area contributed by atoms with Gasteiger partial charge in [0.1, 0.15) is 15.7 Å². The minimum absolute atomic E-state index is 0.0896. The zero-order chi connectivity index (χ0) is 17.2. The second-order valence-corrected chi connectivity index (χ2v) is 7.22. The van der Waals surface area contributed by atoms with Crippen molar-refractivity contribution in [1.82, 2.24) is 4.98 Å². The van der Waals surface area contributed by atoms with E-state index in [9.17, 15) is 4.79 Å². The lowest BCUT2D eigenvalue weighted by atomic mass is 10.2. The summed E-state index contributed by atoms with van der Waals surface area (Å²) in [5.74, 6) is -0.971. The molecule has 23 heavy (non-hydrogen) atoms. The van der Waals surface area contributed by atoms with Crippen LogP contribution < -0.4 is 9.47 Å². The molecule has 4 nitrogen and oxygen atoms in total. The van der Waals surface area contributed by atoms with Crippen molar-refractivity contribution in [2.75, 3.05) is 7.11 Å². The van der Waals surface area contributed by atoms with Crippen molar-refractivity contribution >= 4 is 64.0 Å². The van der Waals surface area contributed by atoms with Gasteiger partial charge >= 0.3 is 5.97 Å². The van der Waals surface area contributed by atoms with E-state index >= 15 is 0 Å². The van der Waals surface area contributed by atoms with Crippen LogP contribution in [-0.2, 0) is 3.79 Å². The topological polar surface area (TPSA) is 48.4 Å². The quantitative estimate of drug-likeness (QED) is 0.495. The highest BCUT2D eigenvalue weighted by Gasteiger charge is 2.33. The maximum absolute atomic E-state index is 12.2. The monoisotopic (exact) mass is 413 g/mol. The summed E-state index contributed by atoms with van der Waals surface area (Å²) in [6, 6.07) is 8.25. The van der Waals surface area contributed by atoms with Crippen LogP contribution in [0.2, 0.25) is 10.0 Å². The first-order valence-electron chi connectivity index (χ1n) is 6.03. The van der Waals surface area contributed by atoms with E-state index in [1.54, 1.807) is 30.3 Å². The van der Waals surface area contributed by atoms with Crippen LogP contribution in [0.1, 0.15) is 16.1 Å². The van der Waals surface area contributed by atoms with Gasteiger partial charge in [0.2, 0.25) is 9.67 Å². The number of alkyl halides is 3. The summed E-state index contributed by atoms with van der Waals surface area (Å²) in [6.45, 7) is 0. The molecule has 1 heterocycles. The van der Waals surface area contributed by atoms with Crippen LogP contribution in [0.4, 0.5) is 0 Å². The third-order valence-electron chi connectivity index (χ3n) is 2.67. The molecule has 1 aromatic carbocycles. The van der Waals surface area contributed by atoms with Crippen LogP contribution in [0.15, 0.2) is 30.3 Å². The molecule has 0 amide bonds. The minimum Gasteiger partial charge on any atom is -0.480 e. The van der Waals surface area contributed by atoms with Gasteiger partial charge < -0.3 is 9.47 Å². The number of pyridine rings is 1. The molecule has 2 aromatic rings. The summed E-state index contributed by atoms with van der Waals surface area (Å²) in [4.78, 5) is 16.1. The van der Waals surface area contributed by atoms with Crippen molar-refractivity contribution in [2.45, 2.75) is 3.79 Å². The summed E-state index contributed by atoms with van der Waals surface area (Å²) in [6.07, 6.45) is 0. The fourth-order valence-corrected chi connectivity index (χ4v) is 2.81. The van der Waals surface area contributed by atoms with Gasteiger partial charge in [-0.05, 0) is 12.1 Å². The average Bonchev–Trinajstić information content (AvgIpc) is 2.51. The lowest BCUT2D eigenvalue weighted by Gasteiger charge is -2.17. The number of carbonyl (C=O) groups excluding carboxylic acids is 1. The number of ether oxygens (including phenoxy) is 2. The first-order chi connectivity index (χ1) is 10.8. The first kappa shape index (κ1) is 18.4. The van der Waals surface area contributed by atoms with Crippen LogP contribution in [-0.4, -0.2) is 18.1 Å². The lowest BCUT2D eigenvalue weighted by Crippen LogP contribution is -2.13. The van der Waals surface area contributed by atoms with Gasteiger partial charge in [-0.3, -0.25) is 0 Å². The Balaban J connectivity index is 2.51. The van der Waals surface area contributed by atoms with E-state index in [1.165, 1.54) is 7.11 Å². The summed E-state index contributed by atoms with van der Waals surface area (Å²) in [5, 5.41) is -0.306. The van der Waals surface area contributed by atoms with Crippen molar-refractivity contribution in [3.63, 3.8) is 0 Å². The first-order valence-corrected chi connectivity index (χ1v) is 7.92. The van der Waals surface area contributed by atoms with Gasteiger partial charge in [-0.25, -0.2) is 9.78 Å². The molecule has 122 valence electrons. The van der Waals surface area contributed by atoms with Gasteiger partial charge in [-0.1, -0.05) is 76.2 Å². The number of nitrogens with zero attached hydrogens (tertiary/aromatic N) is 1. The molecule has 2 rings (SSSR count). The van der Waals surface area contributed by atoms with E-state index in [4.69, 9.17) is 67.5 Å². The summed E-state index contributed by atoms with van der Waals surface area (Å²) < 4.78 is 8.28. The number of carbonyl (C=O) groups is 1. The molecule has 9 heteroatoms. The number of rotatable bonds is 3. The van der Waals surface area contributed by atoms with Crippen molar-refractivity contribution in [2.24, 2.45) is 0 Å². The molecule has 0 unspecified atom stereocenters. The van der Waals surface area contributed by atoms with Crippen molar-refractivity contribution in [1.29, 1.82) is 0 Å². The van der Waals surface area contributed by atoms with Gasteiger partial charge in [-0.15, -0.1) is 0 Å². The number of aromatic nitrogens is 1. The van der Waals surface area contributed by atoms with Gasteiger partial charge in [0.25, 0.3) is 0 Å². The van der Waals surface area contributed by atoms with Gasteiger partial charge in [0, 0.05) is 0 Å². The molecule has 0 bridgehead atoms. The zero-order valence-electron chi connectivity index (χ0n) is 11.4. The summed E-state index contributed by atoms with van der Waals surface area (Å²) >= 11 is 29.7. The number of hydrogen-bond donors (Lipinski definition) is 0. The predicted molar refractivity (Wildman–Crippen MR) is 91.4 cm³/mol. The molecule has 0 aliphatic rings. The van der Waals surface area contributed by atoms with Gasteiger partial charge in [0.15, 0.2) is 5.75 Å². The lowest BCUT2D eigenvalue weighted by molar-refractivity contribution is 0.0734. The zero-order valence-corrected chi connectivity index (χ0v) is 15.2. The van der Waals surface area contributed by atoms with Crippen molar-refractivity contribution in [3.05, 3.63) is 51.6 Å². The Bertz CT molecular complexity index is 731. The number of hydrogen-bond acceptors (Lipinski definition) is 4. The van der Waals surface area contributed by atoms with Crippen molar-refractivity contribution < 1.29 is 14.3 Å². The van der Waals surface area contributed by atoms with Gasteiger partial charge in [-0.2, -0.15) is 0 Å². The molecule has 0 aliphatic carbocycles. The number of esters is 1. The number of benzene rings is 1. The highest BCUT2D eigenvalue weighted by atomic mass is 35.6. The SMILES string of the molecule is COc1nc(C(Cl)(Cl)Cl)c(Cl)c(OC(=O)c2ccccc2)c1Cl. The van der Waals surface area contributed by atoms with Crippen LogP contribution >= 0.6 is 58.0 Å². The van der Waals surface area contributed by atoms with E-state index in [0.717, 1.165) is 0 Å².